The van der Waals surface area contributed by atoms with Crippen LogP contribution in [0.2, 0.25) is 0 Å². The van der Waals surface area contributed by atoms with Crippen LogP contribution in [0.4, 0.5) is 0 Å². The summed E-state index contributed by atoms with van der Waals surface area (Å²) in [5.74, 6) is 0. The summed E-state index contributed by atoms with van der Waals surface area (Å²) in [6.45, 7) is 1.91. The number of fused-ring (bicyclic) bond motifs is 1. The second-order valence-electron chi connectivity index (χ2n) is 2.64. The molecule has 3 nitrogen and oxygen atoms in total. The second kappa shape index (κ2) is 4.60. The molecule has 0 aliphatic carbocycles. The summed E-state index contributed by atoms with van der Waals surface area (Å²) in [5, 5.41) is 0. The van der Waals surface area contributed by atoms with Gasteiger partial charge in [-0.25, -0.2) is 0 Å². The third-order valence-electron chi connectivity index (χ3n) is 1.66. The number of pyridine rings is 2. The van der Waals surface area contributed by atoms with Crippen molar-refractivity contribution >= 4 is 11.0 Å². The smallest absolute Gasteiger partial charge is 0.621 e. The molecule has 0 bridgehead atoms. The zero-order valence-electron chi connectivity index (χ0n) is 7.61. The quantitative estimate of drug-likeness (QED) is 0.532. The molecule has 0 aliphatic rings. The van der Waals surface area contributed by atoms with E-state index >= 15 is 0 Å². The Morgan fingerprint density at radius 3 is 2.77 bits per heavy atom. The van der Waals surface area contributed by atoms with Crippen molar-refractivity contribution in [1.82, 2.24) is 9.97 Å². The molecule has 0 amide bonds. The van der Waals surface area contributed by atoms with E-state index in [1.165, 1.54) is 6.07 Å². The first kappa shape index (κ1) is 11.2. The van der Waals surface area contributed by atoms with Gasteiger partial charge in [-0.15, -0.1) is 5.52 Å². The molecule has 0 saturated carbocycles. The predicted octanol–water partition coefficient (Wildman–Crippen LogP) is -2.14. The summed E-state index contributed by atoms with van der Waals surface area (Å²) in [7, 11) is 0. The monoisotopic (exact) mass is 244 g/mol. The maximum absolute atomic E-state index is 10.8. The Morgan fingerprint density at radius 2 is 2.00 bits per heavy atom. The van der Waals surface area contributed by atoms with Crippen molar-refractivity contribution in [2.45, 2.75) is 6.92 Å². The van der Waals surface area contributed by atoms with E-state index in [-0.39, 0.29) is 63.7 Å². The van der Waals surface area contributed by atoms with Gasteiger partial charge in [0.1, 0.15) is 0 Å². The molecule has 4 heteroatoms. The van der Waals surface area contributed by atoms with Gasteiger partial charge in [0.15, 0.2) is 0 Å². The molecule has 0 fully saturated rings. The van der Waals surface area contributed by atoms with Crippen LogP contribution in [0.15, 0.2) is 29.1 Å². The van der Waals surface area contributed by atoms with E-state index in [0.29, 0.717) is 5.52 Å². The standard InChI is InChI=1S/C9H8N2O.Rb/c1-6-2-3-8-7(10-6)4-5-9(12)11-8;/h2-5H,1H3,(H,11,12);/q;+1/p-1. The van der Waals surface area contributed by atoms with Crippen LogP contribution in [0, 0.1) is 6.92 Å². The van der Waals surface area contributed by atoms with E-state index in [1.54, 1.807) is 12.1 Å². The van der Waals surface area contributed by atoms with E-state index < -0.39 is 0 Å². The fraction of sp³-hybridized carbons (Fsp3) is 0.111. The molecule has 0 aromatic carbocycles. The molecule has 0 N–H and O–H groups in total. The maximum Gasteiger partial charge on any atom is 1.00 e. The molecule has 0 atom stereocenters. The summed E-state index contributed by atoms with van der Waals surface area (Å²) in [4.78, 5) is 18.8. The molecule has 0 unspecified atom stereocenters. The van der Waals surface area contributed by atoms with Crippen molar-refractivity contribution in [1.29, 1.82) is 0 Å². The normalized spacial score (nSPS) is 9.62. The molecule has 2 aromatic heterocycles. The minimum absolute atomic E-state index is 0. The van der Waals surface area contributed by atoms with Gasteiger partial charge < -0.3 is 9.78 Å². The average molecular weight is 245 g/mol. The largest absolute Gasteiger partial charge is 1.00 e. The third-order valence-corrected chi connectivity index (χ3v) is 1.66. The summed E-state index contributed by atoms with van der Waals surface area (Å²) in [6, 6.07) is 6.76. The van der Waals surface area contributed by atoms with Crippen molar-refractivity contribution in [3.63, 3.8) is 0 Å². The van der Waals surface area contributed by atoms with E-state index in [1.807, 2.05) is 13.0 Å². The Labute approximate surface area is 124 Å². The van der Waals surface area contributed by atoms with Crippen molar-refractivity contribution in [3.8, 4) is 0 Å². The SMILES string of the molecule is Cc1ccc2[n-]c(=O)ccc2n1.[Rb+]. The zero-order chi connectivity index (χ0) is 8.55. The van der Waals surface area contributed by atoms with Crippen LogP contribution in [0.1, 0.15) is 5.69 Å². The maximum atomic E-state index is 10.8. The predicted molar refractivity (Wildman–Crippen MR) is 46.1 cm³/mol. The number of hydrogen-bond acceptors (Lipinski definition) is 2. The first-order valence-electron chi connectivity index (χ1n) is 3.67. The molecular formula is C9H7N2ORb. The molecule has 13 heavy (non-hydrogen) atoms. The molecule has 0 spiro atoms. The van der Waals surface area contributed by atoms with Crippen molar-refractivity contribution in [3.05, 3.63) is 40.3 Å². The van der Waals surface area contributed by atoms with Crippen LogP contribution in [0.3, 0.4) is 0 Å². The van der Waals surface area contributed by atoms with Crippen molar-refractivity contribution in [2.24, 2.45) is 0 Å². The number of nitrogens with zero attached hydrogens (tertiary/aromatic N) is 2. The van der Waals surface area contributed by atoms with E-state index in [9.17, 15) is 4.79 Å². The van der Waals surface area contributed by atoms with Crippen molar-refractivity contribution < 1.29 is 58.2 Å². The van der Waals surface area contributed by atoms with Crippen LogP contribution in [-0.4, -0.2) is 4.98 Å². The molecule has 0 saturated heterocycles. The molecule has 60 valence electrons. The fourth-order valence-electron chi connectivity index (χ4n) is 1.09. The molecule has 2 heterocycles. The first-order chi connectivity index (χ1) is 5.75. The molecule has 2 rings (SSSR count). The molecular weight excluding hydrogens is 238 g/mol. The molecule has 0 aliphatic heterocycles. The Kier molecular flexibility index (Phi) is 3.97. The van der Waals surface area contributed by atoms with Crippen molar-refractivity contribution in [2.75, 3.05) is 0 Å². The minimum Gasteiger partial charge on any atom is -0.621 e. The van der Waals surface area contributed by atoms with Gasteiger partial charge >= 0.3 is 58.2 Å². The van der Waals surface area contributed by atoms with E-state index in [0.717, 1.165) is 11.2 Å². The number of aromatic nitrogens is 2. The first-order valence-corrected chi connectivity index (χ1v) is 3.67. The Balaban J connectivity index is 0.000000845. The van der Waals surface area contributed by atoms with Gasteiger partial charge in [0, 0.05) is 11.2 Å². The van der Waals surface area contributed by atoms with Gasteiger partial charge in [-0.05, 0) is 25.1 Å². The minimum atomic E-state index is -0.215. The van der Waals surface area contributed by atoms with Gasteiger partial charge in [0.25, 0.3) is 0 Å². The second-order valence-corrected chi connectivity index (χ2v) is 2.64. The topological polar surface area (TPSA) is 44.1 Å². The van der Waals surface area contributed by atoms with Gasteiger partial charge in [-0.2, -0.15) is 0 Å². The zero-order valence-corrected chi connectivity index (χ0v) is 12.5. The summed E-state index contributed by atoms with van der Waals surface area (Å²) in [6.07, 6.45) is 0. The number of hydrogen-bond donors (Lipinski definition) is 0. The van der Waals surface area contributed by atoms with Crippen LogP contribution in [0.25, 0.3) is 11.0 Å². The molecule has 2 aromatic rings. The summed E-state index contributed by atoms with van der Waals surface area (Å²) in [5.41, 5.74) is 2.15. The number of rotatable bonds is 0. The van der Waals surface area contributed by atoms with Gasteiger partial charge in [-0.3, -0.25) is 4.98 Å². The summed E-state index contributed by atoms with van der Waals surface area (Å²) >= 11 is 0. The van der Waals surface area contributed by atoms with Gasteiger partial charge in [0.05, 0.1) is 5.56 Å². The van der Waals surface area contributed by atoms with Crippen LogP contribution < -0.4 is 68.7 Å². The van der Waals surface area contributed by atoms with E-state index in [2.05, 4.69) is 9.97 Å². The Hall–Kier alpha value is 0.165. The van der Waals surface area contributed by atoms with Crippen LogP contribution >= 0.6 is 0 Å². The number of aryl methyl sites for hydroxylation is 1. The Bertz CT molecular complexity index is 478. The Morgan fingerprint density at radius 1 is 1.23 bits per heavy atom. The van der Waals surface area contributed by atoms with Crippen LogP contribution in [-0.2, 0) is 0 Å². The summed E-state index contributed by atoms with van der Waals surface area (Å²) < 4.78 is 0. The third kappa shape index (κ3) is 2.56. The van der Waals surface area contributed by atoms with Crippen LogP contribution in [0.5, 0.6) is 0 Å². The van der Waals surface area contributed by atoms with Gasteiger partial charge in [-0.1, -0.05) is 6.07 Å². The van der Waals surface area contributed by atoms with Gasteiger partial charge in [0.2, 0.25) is 0 Å². The average Bonchev–Trinajstić information content (AvgIpc) is 2.05. The van der Waals surface area contributed by atoms with E-state index in [4.69, 9.17) is 0 Å². The molecule has 0 radical (unpaired) electrons. The fourth-order valence-corrected chi connectivity index (χ4v) is 1.09.